The van der Waals surface area contributed by atoms with Gasteiger partial charge in [0.2, 0.25) is 11.9 Å². The molecule has 1 aliphatic heterocycles. The van der Waals surface area contributed by atoms with Crippen LogP contribution in [0.5, 0.6) is 0 Å². The Balaban J connectivity index is 0.00000144. The number of cyclic esters (lactones) is 1. The number of hydrogen-bond donors (Lipinski definition) is 4. The normalized spacial score (nSPS) is 19.7. The fraction of sp³-hybridized carbons (Fsp3) is 0.333. The van der Waals surface area contributed by atoms with Gasteiger partial charge in [-0.3, -0.25) is 0 Å². The Bertz CT molecular complexity index is 237. The van der Waals surface area contributed by atoms with Crippen LogP contribution in [0.4, 0.5) is 0 Å². The third-order valence-electron chi connectivity index (χ3n) is 1.33. The first kappa shape index (κ1) is 12.7. The quantitative estimate of drug-likeness (QED) is 0.306. The van der Waals surface area contributed by atoms with Gasteiger partial charge in [-0.1, -0.05) is 0 Å². The van der Waals surface area contributed by atoms with Gasteiger partial charge in [0.1, 0.15) is 6.10 Å². The second-order valence-electron chi connectivity index (χ2n) is 2.15. The van der Waals surface area contributed by atoms with Gasteiger partial charge < -0.3 is 25.2 Å². The second kappa shape index (κ2) is 4.83. The molecule has 0 aromatic heterocycles. The van der Waals surface area contributed by atoms with Gasteiger partial charge in [-0.2, -0.15) is 0 Å². The molecule has 1 heterocycles. The predicted octanol–water partition coefficient (Wildman–Crippen LogP) is -1.89. The SMILES string of the molecule is O=C1O[C](C(O)CO)C(O)=C1O.[NaH]. The Morgan fingerprint density at radius 3 is 2.15 bits per heavy atom. The van der Waals surface area contributed by atoms with Crippen LogP contribution >= 0.6 is 0 Å². The summed E-state index contributed by atoms with van der Waals surface area (Å²) in [4.78, 5) is 10.5. The molecule has 69 valence electrons. The summed E-state index contributed by atoms with van der Waals surface area (Å²) in [6.07, 6.45) is -2.03. The minimum absolute atomic E-state index is 0. The molecule has 1 rings (SSSR count). The Kier molecular flexibility index (Phi) is 4.72. The van der Waals surface area contributed by atoms with Crippen LogP contribution in [0.3, 0.4) is 0 Å². The van der Waals surface area contributed by atoms with Crippen LogP contribution in [0.25, 0.3) is 0 Å². The maximum atomic E-state index is 10.5. The van der Waals surface area contributed by atoms with Gasteiger partial charge in [-0.05, 0) is 0 Å². The number of carbonyl (C=O) groups is 1. The summed E-state index contributed by atoms with van der Waals surface area (Å²) in [5.74, 6) is -2.94. The van der Waals surface area contributed by atoms with E-state index in [9.17, 15) is 4.79 Å². The molecule has 0 saturated heterocycles. The molecule has 4 N–H and O–H groups in total. The molecular weight excluding hydrogens is 191 g/mol. The van der Waals surface area contributed by atoms with E-state index in [4.69, 9.17) is 20.4 Å². The van der Waals surface area contributed by atoms with E-state index >= 15 is 0 Å². The van der Waals surface area contributed by atoms with Crippen LogP contribution in [-0.4, -0.2) is 68.7 Å². The molecule has 0 aromatic rings. The van der Waals surface area contributed by atoms with Gasteiger partial charge in [0.05, 0.1) is 6.61 Å². The monoisotopic (exact) mass is 199 g/mol. The molecule has 1 aliphatic rings. The Morgan fingerprint density at radius 1 is 1.31 bits per heavy atom. The van der Waals surface area contributed by atoms with Crippen molar-refractivity contribution in [2.75, 3.05) is 6.61 Å². The molecule has 0 amide bonds. The average molecular weight is 199 g/mol. The standard InChI is InChI=1S/C6H7O6.Na.H/c7-1-2(8)5-3(9)4(10)6(11)12-5;;/h2,7-10H,1H2;;. The molecule has 6 nitrogen and oxygen atoms in total. The first-order chi connectivity index (χ1) is 5.57. The van der Waals surface area contributed by atoms with Gasteiger partial charge in [0, 0.05) is 0 Å². The molecule has 13 heavy (non-hydrogen) atoms. The van der Waals surface area contributed by atoms with E-state index in [2.05, 4.69) is 4.74 Å². The zero-order valence-electron chi connectivity index (χ0n) is 5.89. The number of aliphatic hydroxyl groups excluding tert-OH is 4. The van der Waals surface area contributed by atoms with E-state index in [0.717, 1.165) is 0 Å². The van der Waals surface area contributed by atoms with Crippen LogP contribution in [0, 0.1) is 6.10 Å². The number of aliphatic hydroxyl groups is 4. The van der Waals surface area contributed by atoms with E-state index in [1.54, 1.807) is 0 Å². The van der Waals surface area contributed by atoms with Gasteiger partial charge in [-0.15, -0.1) is 0 Å². The third kappa shape index (κ3) is 2.35. The molecule has 0 bridgehead atoms. The summed E-state index contributed by atoms with van der Waals surface area (Å²) in [5.41, 5.74) is 0. The summed E-state index contributed by atoms with van der Waals surface area (Å²) >= 11 is 0. The second-order valence-corrected chi connectivity index (χ2v) is 2.15. The van der Waals surface area contributed by atoms with Gasteiger partial charge >= 0.3 is 35.5 Å². The van der Waals surface area contributed by atoms with E-state index in [1.165, 1.54) is 0 Å². The number of carbonyl (C=O) groups excluding carboxylic acids is 1. The molecule has 1 atom stereocenters. The number of hydrogen-bond acceptors (Lipinski definition) is 6. The van der Waals surface area contributed by atoms with Crippen molar-refractivity contribution >= 4 is 35.5 Å². The molecule has 7 heteroatoms. The van der Waals surface area contributed by atoms with Crippen molar-refractivity contribution < 1.29 is 30.0 Å². The van der Waals surface area contributed by atoms with E-state index in [1.807, 2.05) is 0 Å². The van der Waals surface area contributed by atoms with Crippen molar-refractivity contribution in [3.8, 4) is 0 Å². The van der Waals surface area contributed by atoms with Gasteiger partial charge in [0.25, 0.3) is 0 Å². The number of esters is 1. The Morgan fingerprint density at radius 2 is 1.85 bits per heavy atom. The summed E-state index contributed by atoms with van der Waals surface area (Å²) in [5, 5.41) is 34.9. The fourth-order valence-corrected chi connectivity index (χ4v) is 0.719. The topological polar surface area (TPSA) is 107 Å². The van der Waals surface area contributed by atoms with Crippen LogP contribution in [0.2, 0.25) is 0 Å². The molecule has 0 aliphatic carbocycles. The van der Waals surface area contributed by atoms with E-state index in [-0.39, 0.29) is 29.6 Å². The number of rotatable bonds is 2. The van der Waals surface area contributed by atoms with Crippen molar-refractivity contribution in [3.63, 3.8) is 0 Å². The first-order valence-electron chi connectivity index (χ1n) is 3.08. The first-order valence-corrected chi connectivity index (χ1v) is 3.08. The summed E-state index contributed by atoms with van der Waals surface area (Å²) in [6, 6.07) is 0. The van der Waals surface area contributed by atoms with Crippen LogP contribution in [0.1, 0.15) is 0 Å². The Labute approximate surface area is 95.7 Å². The van der Waals surface area contributed by atoms with E-state index in [0.29, 0.717) is 0 Å². The van der Waals surface area contributed by atoms with Crippen molar-refractivity contribution in [1.29, 1.82) is 0 Å². The molecule has 1 unspecified atom stereocenters. The van der Waals surface area contributed by atoms with Crippen molar-refractivity contribution in [1.82, 2.24) is 0 Å². The maximum absolute atomic E-state index is 10.5. The van der Waals surface area contributed by atoms with Crippen molar-refractivity contribution in [2.45, 2.75) is 6.10 Å². The Hall–Kier alpha value is -0.270. The van der Waals surface area contributed by atoms with Gasteiger partial charge in [-0.25, -0.2) is 4.79 Å². The zero-order valence-corrected chi connectivity index (χ0v) is 5.89. The van der Waals surface area contributed by atoms with Crippen molar-refractivity contribution in [2.24, 2.45) is 0 Å². The average Bonchev–Trinajstić information content (AvgIpc) is 2.32. The summed E-state index contributed by atoms with van der Waals surface area (Å²) in [7, 11) is 0. The van der Waals surface area contributed by atoms with Crippen molar-refractivity contribution in [3.05, 3.63) is 17.6 Å². The summed E-state index contributed by atoms with van der Waals surface area (Å²) in [6.45, 7) is -0.708. The molecule has 0 fully saturated rings. The molecule has 1 radical (unpaired) electrons. The van der Waals surface area contributed by atoms with Crippen LogP contribution in [0.15, 0.2) is 11.5 Å². The third-order valence-corrected chi connectivity index (χ3v) is 1.33. The fourth-order valence-electron chi connectivity index (χ4n) is 0.719. The minimum atomic E-state index is -1.50. The molecule has 0 spiro atoms. The molecule has 0 saturated carbocycles. The zero-order chi connectivity index (χ0) is 9.30. The van der Waals surface area contributed by atoms with Crippen LogP contribution in [-0.2, 0) is 9.53 Å². The number of ether oxygens (including phenoxy) is 1. The van der Waals surface area contributed by atoms with Gasteiger partial charge in [0.15, 0.2) is 5.76 Å². The molecule has 0 aromatic carbocycles. The van der Waals surface area contributed by atoms with E-state index < -0.39 is 36.3 Å². The predicted molar refractivity (Wildman–Crippen MR) is 41.9 cm³/mol. The molecular formula is C6H8NaO6. The summed E-state index contributed by atoms with van der Waals surface area (Å²) < 4.78 is 4.23. The van der Waals surface area contributed by atoms with Crippen LogP contribution < -0.4 is 0 Å².